The van der Waals surface area contributed by atoms with Crippen molar-refractivity contribution in [1.29, 1.82) is 0 Å². The zero-order valence-corrected chi connectivity index (χ0v) is 11.9. The summed E-state index contributed by atoms with van der Waals surface area (Å²) in [6, 6.07) is 6.64. The lowest BCUT2D eigenvalue weighted by atomic mass is 9.76. The Bertz CT molecular complexity index is 435. The first kappa shape index (κ1) is 13.0. The Kier molecular flexibility index (Phi) is 3.79. The molecule has 1 aliphatic carbocycles. The third-order valence-corrected chi connectivity index (χ3v) is 5.08. The van der Waals surface area contributed by atoms with Crippen LogP contribution in [0.15, 0.2) is 18.2 Å². The first-order chi connectivity index (χ1) is 9.29. The normalized spacial score (nSPS) is 27.7. The molecule has 104 valence electrons. The maximum Gasteiger partial charge on any atom is 0.127 e. The predicted octanol–water partition coefficient (Wildman–Crippen LogP) is 3.84. The van der Waals surface area contributed by atoms with Crippen molar-refractivity contribution in [2.75, 3.05) is 6.61 Å². The van der Waals surface area contributed by atoms with Crippen LogP contribution in [0.3, 0.4) is 0 Å². The summed E-state index contributed by atoms with van der Waals surface area (Å²) in [5.41, 5.74) is 9.14. The molecular weight excluding hydrogens is 234 g/mol. The number of hydrogen-bond acceptors (Lipinski definition) is 2. The number of hydrogen-bond donors (Lipinski definition) is 1. The SMILES string of the molecule is CCC1CCC(C(N)c2cccc3c2OCC3)CC1. The van der Waals surface area contributed by atoms with E-state index in [1.165, 1.54) is 43.2 Å². The summed E-state index contributed by atoms with van der Waals surface area (Å²) in [6.07, 6.45) is 7.63. The van der Waals surface area contributed by atoms with Crippen molar-refractivity contribution in [3.05, 3.63) is 29.3 Å². The molecule has 1 heterocycles. The van der Waals surface area contributed by atoms with E-state index in [-0.39, 0.29) is 6.04 Å². The van der Waals surface area contributed by atoms with Crippen LogP contribution in [0.5, 0.6) is 5.75 Å². The van der Waals surface area contributed by atoms with Crippen LogP contribution in [-0.2, 0) is 6.42 Å². The van der Waals surface area contributed by atoms with Crippen molar-refractivity contribution in [3.8, 4) is 5.75 Å². The van der Waals surface area contributed by atoms with E-state index in [1.54, 1.807) is 0 Å². The maximum atomic E-state index is 6.55. The van der Waals surface area contributed by atoms with E-state index in [1.807, 2.05) is 0 Å². The molecule has 1 aliphatic heterocycles. The van der Waals surface area contributed by atoms with Gasteiger partial charge in [0, 0.05) is 18.0 Å². The lowest BCUT2D eigenvalue weighted by Crippen LogP contribution is -2.26. The van der Waals surface area contributed by atoms with Crippen LogP contribution in [0.4, 0.5) is 0 Å². The molecule has 1 aromatic rings. The number of nitrogens with two attached hydrogens (primary N) is 1. The summed E-state index contributed by atoms with van der Waals surface area (Å²) in [6.45, 7) is 3.13. The molecule has 1 saturated carbocycles. The van der Waals surface area contributed by atoms with Crippen molar-refractivity contribution in [2.45, 2.75) is 51.5 Å². The van der Waals surface area contributed by atoms with Crippen molar-refractivity contribution < 1.29 is 4.74 Å². The van der Waals surface area contributed by atoms with Gasteiger partial charge in [-0.15, -0.1) is 0 Å². The standard InChI is InChI=1S/C17H25NO/c1-2-12-6-8-13(9-7-12)16(18)15-5-3-4-14-10-11-19-17(14)15/h3-5,12-13,16H,2,6-11,18H2,1H3. The zero-order chi connectivity index (χ0) is 13.2. The minimum absolute atomic E-state index is 0.158. The van der Waals surface area contributed by atoms with Gasteiger partial charge in [-0.05, 0) is 30.2 Å². The summed E-state index contributed by atoms with van der Waals surface area (Å²) in [7, 11) is 0. The third kappa shape index (κ3) is 2.51. The molecule has 0 aromatic heterocycles. The predicted molar refractivity (Wildman–Crippen MR) is 78.3 cm³/mol. The lowest BCUT2D eigenvalue weighted by Gasteiger charge is -2.32. The Labute approximate surface area is 116 Å². The Morgan fingerprint density at radius 2 is 2.05 bits per heavy atom. The van der Waals surface area contributed by atoms with E-state index in [9.17, 15) is 0 Å². The van der Waals surface area contributed by atoms with Crippen LogP contribution >= 0.6 is 0 Å². The smallest absolute Gasteiger partial charge is 0.127 e. The van der Waals surface area contributed by atoms with Gasteiger partial charge in [-0.25, -0.2) is 0 Å². The van der Waals surface area contributed by atoms with E-state index < -0.39 is 0 Å². The topological polar surface area (TPSA) is 35.2 Å². The fourth-order valence-electron chi connectivity index (χ4n) is 3.71. The van der Waals surface area contributed by atoms with Crippen molar-refractivity contribution in [1.82, 2.24) is 0 Å². The van der Waals surface area contributed by atoms with Crippen LogP contribution in [0.1, 0.15) is 56.2 Å². The third-order valence-electron chi connectivity index (χ3n) is 5.08. The van der Waals surface area contributed by atoms with Crippen LogP contribution in [0.2, 0.25) is 0 Å². The number of para-hydroxylation sites is 1. The van der Waals surface area contributed by atoms with Crippen LogP contribution in [-0.4, -0.2) is 6.61 Å². The monoisotopic (exact) mass is 259 g/mol. The van der Waals surface area contributed by atoms with Gasteiger partial charge >= 0.3 is 0 Å². The molecule has 2 N–H and O–H groups in total. The first-order valence-electron chi connectivity index (χ1n) is 7.79. The number of fused-ring (bicyclic) bond motifs is 1. The molecule has 1 aromatic carbocycles. The van der Waals surface area contributed by atoms with Gasteiger partial charge < -0.3 is 10.5 Å². The Hall–Kier alpha value is -1.02. The molecule has 0 radical (unpaired) electrons. The summed E-state index contributed by atoms with van der Waals surface area (Å²) >= 11 is 0. The second-order valence-corrected chi connectivity index (χ2v) is 6.15. The summed E-state index contributed by atoms with van der Waals surface area (Å²) in [4.78, 5) is 0. The molecular formula is C17H25NO. The Balaban J connectivity index is 1.74. The van der Waals surface area contributed by atoms with Crippen molar-refractivity contribution in [3.63, 3.8) is 0 Å². The van der Waals surface area contributed by atoms with Gasteiger partial charge in [0.2, 0.25) is 0 Å². The van der Waals surface area contributed by atoms with Crippen molar-refractivity contribution in [2.24, 2.45) is 17.6 Å². The molecule has 3 rings (SSSR count). The highest BCUT2D eigenvalue weighted by atomic mass is 16.5. The first-order valence-corrected chi connectivity index (χ1v) is 7.79. The van der Waals surface area contributed by atoms with E-state index in [4.69, 9.17) is 10.5 Å². The van der Waals surface area contributed by atoms with E-state index in [0.717, 1.165) is 24.7 Å². The quantitative estimate of drug-likeness (QED) is 0.895. The highest BCUT2D eigenvalue weighted by molar-refractivity contribution is 5.45. The van der Waals surface area contributed by atoms with E-state index >= 15 is 0 Å². The summed E-state index contributed by atoms with van der Waals surface area (Å²) in [5, 5.41) is 0. The largest absolute Gasteiger partial charge is 0.493 e. The second kappa shape index (κ2) is 5.54. The van der Waals surface area contributed by atoms with Crippen molar-refractivity contribution >= 4 is 0 Å². The fraction of sp³-hybridized carbons (Fsp3) is 0.647. The van der Waals surface area contributed by atoms with Gasteiger partial charge in [0.1, 0.15) is 5.75 Å². The molecule has 0 saturated heterocycles. The number of benzene rings is 1. The number of ether oxygens (including phenoxy) is 1. The summed E-state index contributed by atoms with van der Waals surface area (Å²) in [5.74, 6) is 2.66. The average Bonchev–Trinajstić information content (AvgIpc) is 2.95. The van der Waals surface area contributed by atoms with Gasteiger partial charge in [-0.3, -0.25) is 0 Å². The fourth-order valence-corrected chi connectivity index (χ4v) is 3.71. The van der Waals surface area contributed by atoms with Gasteiger partial charge in [-0.1, -0.05) is 44.4 Å². The molecule has 1 fully saturated rings. The highest BCUT2D eigenvalue weighted by Gasteiger charge is 2.29. The van der Waals surface area contributed by atoms with Crippen LogP contribution in [0, 0.1) is 11.8 Å². The minimum atomic E-state index is 0.158. The van der Waals surface area contributed by atoms with Gasteiger partial charge in [0.25, 0.3) is 0 Å². The molecule has 0 spiro atoms. The van der Waals surface area contributed by atoms with E-state index in [2.05, 4.69) is 25.1 Å². The molecule has 0 bridgehead atoms. The summed E-state index contributed by atoms with van der Waals surface area (Å²) < 4.78 is 5.80. The Morgan fingerprint density at radius 1 is 1.26 bits per heavy atom. The lowest BCUT2D eigenvalue weighted by molar-refractivity contribution is 0.237. The van der Waals surface area contributed by atoms with Crippen LogP contribution < -0.4 is 10.5 Å². The average molecular weight is 259 g/mol. The van der Waals surface area contributed by atoms with E-state index in [0.29, 0.717) is 5.92 Å². The second-order valence-electron chi connectivity index (χ2n) is 6.15. The zero-order valence-electron chi connectivity index (χ0n) is 11.9. The molecule has 2 aliphatic rings. The van der Waals surface area contributed by atoms with Gasteiger partial charge in [0.15, 0.2) is 0 Å². The number of rotatable bonds is 3. The molecule has 0 amide bonds. The highest BCUT2D eigenvalue weighted by Crippen LogP contribution is 2.41. The molecule has 19 heavy (non-hydrogen) atoms. The van der Waals surface area contributed by atoms with Gasteiger partial charge in [0.05, 0.1) is 6.61 Å². The molecule has 2 heteroatoms. The molecule has 1 atom stereocenters. The minimum Gasteiger partial charge on any atom is -0.493 e. The van der Waals surface area contributed by atoms with Gasteiger partial charge in [-0.2, -0.15) is 0 Å². The maximum absolute atomic E-state index is 6.55. The molecule has 1 unspecified atom stereocenters. The Morgan fingerprint density at radius 3 is 2.79 bits per heavy atom. The van der Waals surface area contributed by atoms with Crippen LogP contribution in [0.25, 0.3) is 0 Å². The molecule has 2 nitrogen and oxygen atoms in total.